The van der Waals surface area contributed by atoms with E-state index in [1.807, 2.05) is 0 Å². The van der Waals surface area contributed by atoms with Gasteiger partial charge in [-0.3, -0.25) is 0 Å². The van der Waals surface area contributed by atoms with E-state index >= 15 is 0 Å². The third-order valence-corrected chi connectivity index (χ3v) is 4.47. The minimum absolute atomic E-state index is 0.00608. The molecule has 9 nitrogen and oxygen atoms in total. The Labute approximate surface area is 183 Å². The number of ether oxygens (including phenoxy) is 3. The fourth-order valence-corrected chi connectivity index (χ4v) is 2.53. The SMILES string of the molecule is C=C(C)C(=O)OC(CO)(CO)C(CCCCCCO)(OC(=O)C(=C)C)OC(=O)C(=C)C. The molecule has 0 unspecified atom stereocenters. The highest BCUT2D eigenvalue weighted by Crippen LogP contribution is 2.38. The molecule has 0 saturated carbocycles. The summed E-state index contributed by atoms with van der Waals surface area (Å²) < 4.78 is 16.2. The molecule has 3 N–H and O–H groups in total. The Morgan fingerprint density at radius 1 is 0.677 bits per heavy atom. The molecule has 0 bridgehead atoms. The van der Waals surface area contributed by atoms with E-state index < -0.39 is 42.5 Å². The molecule has 0 aliphatic carbocycles. The molecule has 0 aromatic heterocycles. The highest BCUT2D eigenvalue weighted by atomic mass is 16.8. The third kappa shape index (κ3) is 7.93. The second-order valence-electron chi connectivity index (χ2n) is 7.46. The lowest BCUT2D eigenvalue weighted by atomic mass is 9.88. The van der Waals surface area contributed by atoms with Crippen molar-refractivity contribution < 1.29 is 43.9 Å². The molecule has 0 amide bonds. The van der Waals surface area contributed by atoms with Gasteiger partial charge < -0.3 is 29.5 Å². The lowest BCUT2D eigenvalue weighted by Gasteiger charge is -2.45. The third-order valence-electron chi connectivity index (χ3n) is 4.47. The Morgan fingerprint density at radius 2 is 1.06 bits per heavy atom. The first-order valence-electron chi connectivity index (χ1n) is 9.91. The zero-order valence-corrected chi connectivity index (χ0v) is 18.6. The van der Waals surface area contributed by atoms with Crippen LogP contribution in [0, 0.1) is 0 Å². The van der Waals surface area contributed by atoms with Gasteiger partial charge in [-0.1, -0.05) is 32.6 Å². The molecule has 0 saturated heterocycles. The molecule has 0 atom stereocenters. The minimum Gasteiger partial charge on any atom is -0.442 e. The minimum atomic E-state index is -2.38. The second kappa shape index (κ2) is 13.0. The molecule has 9 heteroatoms. The maximum atomic E-state index is 12.5. The predicted octanol–water partition coefficient (Wildman–Crippen LogP) is 1.71. The zero-order chi connectivity index (χ0) is 24.2. The molecule has 0 radical (unpaired) electrons. The van der Waals surface area contributed by atoms with E-state index in [-0.39, 0.29) is 36.2 Å². The van der Waals surface area contributed by atoms with Gasteiger partial charge in [-0.2, -0.15) is 0 Å². The number of carbonyl (C=O) groups excluding carboxylic acids is 3. The van der Waals surface area contributed by atoms with Crippen LogP contribution in [-0.2, 0) is 28.6 Å². The number of rotatable bonds is 15. The van der Waals surface area contributed by atoms with Gasteiger partial charge in [-0.25, -0.2) is 14.4 Å². The van der Waals surface area contributed by atoms with Crippen molar-refractivity contribution >= 4 is 17.9 Å². The van der Waals surface area contributed by atoms with Crippen LogP contribution in [0.3, 0.4) is 0 Å². The number of esters is 3. The van der Waals surface area contributed by atoms with E-state index in [0.717, 1.165) is 0 Å². The predicted molar refractivity (Wildman–Crippen MR) is 113 cm³/mol. The molecule has 0 aromatic rings. The van der Waals surface area contributed by atoms with Crippen molar-refractivity contribution in [1.82, 2.24) is 0 Å². The first-order valence-corrected chi connectivity index (χ1v) is 9.91. The van der Waals surface area contributed by atoms with Gasteiger partial charge in [0.15, 0.2) is 0 Å². The van der Waals surface area contributed by atoms with E-state index in [9.17, 15) is 24.6 Å². The van der Waals surface area contributed by atoms with Crippen LogP contribution in [0.25, 0.3) is 0 Å². The Bertz CT molecular complexity index is 661. The standard InChI is InChI=1S/C22H34O9/c1-15(2)18(26)29-21(13-24,14-25)22(30-19(27)16(3)4,31-20(28)17(5)6)11-9-7-8-10-12-23/h23-25H,1,3,5,7-14H2,2,4,6H3. The summed E-state index contributed by atoms with van der Waals surface area (Å²) in [6, 6.07) is 0. The molecule has 0 aromatic carbocycles. The van der Waals surface area contributed by atoms with E-state index in [1.54, 1.807) is 0 Å². The summed E-state index contributed by atoms with van der Waals surface area (Å²) in [5.74, 6) is -5.34. The summed E-state index contributed by atoms with van der Waals surface area (Å²) in [6.07, 6.45) is 1.73. The first kappa shape index (κ1) is 28.5. The van der Waals surface area contributed by atoms with Crippen molar-refractivity contribution in [3.63, 3.8) is 0 Å². The summed E-state index contributed by atoms with van der Waals surface area (Å²) in [6.45, 7) is 12.4. The van der Waals surface area contributed by atoms with Crippen molar-refractivity contribution in [3.8, 4) is 0 Å². The number of aliphatic hydroxyl groups is 3. The van der Waals surface area contributed by atoms with Crippen molar-refractivity contribution in [3.05, 3.63) is 36.5 Å². The van der Waals surface area contributed by atoms with Crippen LogP contribution in [0.2, 0.25) is 0 Å². The highest BCUT2D eigenvalue weighted by Gasteiger charge is 2.61. The highest BCUT2D eigenvalue weighted by molar-refractivity contribution is 5.90. The average molecular weight is 443 g/mol. The normalized spacial score (nSPS) is 11.4. The maximum absolute atomic E-state index is 12.5. The second-order valence-corrected chi connectivity index (χ2v) is 7.46. The van der Waals surface area contributed by atoms with Gasteiger partial charge in [0.2, 0.25) is 5.60 Å². The lowest BCUT2D eigenvalue weighted by molar-refractivity contribution is -0.311. The molecule has 0 aliphatic rings. The van der Waals surface area contributed by atoms with Gasteiger partial charge in [-0.05, 0) is 33.6 Å². The van der Waals surface area contributed by atoms with Crippen molar-refractivity contribution in [2.75, 3.05) is 19.8 Å². The Morgan fingerprint density at radius 3 is 1.42 bits per heavy atom. The summed E-state index contributed by atoms with van der Waals surface area (Å²) in [7, 11) is 0. The van der Waals surface area contributed by atoms with Gasteiger partial charge in [-0.15, -0.1) is 0 Å². The Hall–Kier alpha value is -2.49. The van der Waals surface area contributed by atoms with Crippen LogP contribution in [0.15, 0.2) is 36.5 Å². The lowest BCUT2D eigenvalue weighted by Crippen LogP contribution is -2.65. The van der Waals surface area contributed by atoms with Gasteiger partial charge in [0.05, 0.1) is 13.2 Å². The summed E-state index contributed by atoms with van der Waals surface area (Å²) >= 11 is 0. The molecule has 0 fully saturated rings. The number of carbonyl (C=O) groups is 3. The van der Waals surface area contributed by atoms with Gasteiger partial charge >= 0.3 is 23.7 Å². The quantitative estimate of drug-likeness (QED) is 0.150. The molecule has 0 aliphatic heterocycles. The number of hydrogen-bond donors (Lipinski definition) is 3. The van der Waals surface area contributed by atoms with Crippen LogP contribution in [0.4, 0.5) is 0 Å². The van der Waals surface area contributed by atoms with Crippen LogP contribution >= 0.6 is 0 Å². The van der Waals surface area contributed by atoms with Gasteiger partial charge in [0, 0.05) is 29.7 Å². The molecule has 0 spiro atoms. The number of unbranched alkanes of at least 4 members (excludes halogenated alkanes) is 3. The Balaban J connectivity index is 6.50. The Kier molecular flexibility index (Phi) is 12.0. The van der Waals surface area contributed by atoms with Crippen LogP contribution in [0.1, 0.15) is 52.9 Å². The van der Waals surface area contributed by atoms with E-state index in [2.05, 4.69) is 19.7 Å². The van der Waals surface area contributed by atoms with E-state index in [0.29, 0.717) is 19.3 Å². The zero-order valence-electron chi connectivity index (χ0n) is 18.6. The summed E-state index contributed by atoms with van der Waals surface area (Å²) in [4.78, 5) is 37.2. The molecule has 0 heterocycles. The van der Waals surface area contributed by atoms with Gasteiger partial charge in [0.25, 0.3) is 0 Å². The van der Waals surface area contributed by atoms with Crippen molar-refractivity contribution in [1.29, 1.82) is 0 Å². The molecular formula is C22H34O9. The van der Waals surface area contributed by atoms with Crippen molar-refractivity contribution in [2.45, 2.75) is 64.3 Å². The monoisotopic (exact) mass is 442 g/mol. The number of hydrogen-bond acceptors (Lipinski definition) is 9. The molecule has 0 rings (SSSR count). The molecule has 176 valence electrons. The number of aliphatic hydroxyl groups excluding tert-OH is 3. The molecule has 31 heavy (non-hydrogen) atoms. The largest absolute Gasteiger partial charge is 0.442 e. The fourth-order valence-electron chi connectivity index (χ4n) is 2.53. The first-order chi connectivity index (χ1) is 14.4. The van der Waals surface area contributed by atoms with Gasteiger partial charge in [0.1, 0.15) is 0 Å². The van der Waals surface area contributed by atoms with Crippen LogP contribution < -0.4 is 0 Å². The topological polar surface area (TPSA) is 140 Å². The summed E-state index contributed by atoms with van der Waals surface area (Å²) in [5, 5.41) is 29.3. The van der Waals surface area contributed by atoms with Crippen LogP contribution in [0.5, 0.6) is 0 Å². The van der Waals surface area contributed by atoms with E-state index in [1.165, 1.54) is 20.8 Å². The van der Waals surface area contributed by atoms with Crippen LogP contribution in [-0.4, -0.2) is 64.4 Å². The van der Waals surface area contributed by atoms with Crippen molar-refractivity contribution in [2.24, 2.45) is 0 Å². The summed E-state index contributed by atoms with van der Waals surface area (Å²) in [5.41, 5.74) is -2.49. The fraction of sp³-hybridized carbons (Fsp3) is 0.591. The maximum Gasteiger partial charge on any atom is 0.336 e. The average Bonchev–Trinajstić information content (AvgIpc) is 2.70. The molecular weight excluding hydrogens is 408 g/mol. The van der Waals surface area contributed by atoms with E-state index in [4.69, 9.17) is 19.3 Å². The smallest absolute Gasteiger partial charge is 0.336 e.